The Labute approximate surface area is 217 Å². The quantitative estimate of drug-likeness (QED) is 0.648. The zero-order valence-electron chi connectivity index (χ0n) is 21.5. The Morgan fingerprint density at radius 1 is 1.03 bits per heavy atom. The number of hydrogen-bond acceptors (Lipinski definition) is 7. The summed E-state index contributed by atoms with van der Waals surface area (Å²) in [6.07, 6.45) is 1.78. The number of ether oxygens (including phenoxy) is 2. The van der Waals surface area contributed by atoms with Gasteiger partial charge in [0.2, 0.25) is 5.91 Å². The second kappa shape index (κ2) is 9.90. The molecule has 3 aliphatic heterocycles. The van der Waals surface area contributed by atoms with E-state index in [0.717, 1.165) is 42.3 Å². The number of aliphatic imine (C=N–C) groups is 2. The number of carbonyl (C=O) groups is 1. The third-order valence-electron chi connectivity index (χ3n) is 6.81. The molecule has 2 aromatic rings. The van der Waals surface area contributed by atoms with Gasteiger partial charge in [-0.1, -0.05) is 56.8 Å². The number of benzene rings is 2. The highest BCUT2D eigenvalue weighted by atomic mass is 32.2. The normalized spacial score (nSPS) is 19.1. The molecule has 7 nitrogen and oxygen atoms in total. The van der Waals surface area contributed by atoms with E-state index in [4.69, 9.17) is 19.5 Å². The van der Waals surface area contributed by atoms with Gasteiger partial charge < -0.3 is 19.7 Å². The van der Waals surface area contributed by atoms with Crippen LogP contribution in [-0.2, 0) is 10.2 Å². The van der Waals surface area contributed by atoms with Crippen molar-refractivity contribution in [3.05, 3.63) is 53.6 Å². The number of carbonyl (C=O) groups excluding carboxylic acids is 1. The number of rotatable bonds is 4. The summed E-state index contributed by atoms with van der Waals surface area (Å²) in [7, 11) is 2.14. The maximum Gasteiger partial charge on any atom is 0.234 e. The van der Waals surface area contributed by atoms with E-state index in [-0.39, 0.29) is 17.1 Å². The number of fused-ring (bicyclic) bond motifs is 1. The van der Waals surface area contributed by atoms with Gasteiger partial charge in [-0.25, -0.2) is 4.99 Å². The van der Waals surface area contributed by atoms with Crippen molar-refractivity contribution in [2.45, 2.75) is 44.7 Å². The largest absolute Gasteiger partial charge is 0.486 e. The van der Waals surface area contributed by atoms with E-state index in [1.807, 2.05) is 12.1 Å². The van der Waals surface area contributed by atoms with E-state index >= 15 is 0 Å². The molecule has 0 aliphatic carbocycles. The van der Waals surface area contributed by atoms with Crippen LogP contribution in [0.25, 0.3) is 0 Å². The van der Waals surface area contributed by atoms with E-state index in [0.29, 0.717) is 30.4 Å². The second-order valence-electron chi connectivity index (χ2n) is 10.7. The van der Waals surface area contributed by atoms with E-state index in [1.165, 1.54) is 17.3 Å². The first-order valence-electron chi connectivity index (χ1n) is 12.5. The molecule has 2 aromatic carbocycles. The van der Waals surface area contributed by atoms with E-state index < -0.39 is 5.66 Å². The van der Waals surface area contributed by atoms with Crippen LogP contribution in [-0.4, -0.2) is 66.3 Å². The first-order valence-corrected chi connectivity index (χ1v) is 13.5. The van der Waals surface area contributed by atoms with Crippen LogP contribution in [0.15, 0.2) is 52.4 Å². The number of thioether (sulfide) groups is 1. The zero-order chi connectivity index (χ0) is 25.3. The summed E-state index contributed by atoms with van der Waals surface area (Å²) in [6.45, 7) is 9.62. The lowest BCUT2D eigenvalue weighted by atomic mass is 9.86. The van der Waals surface area contributed by atoms with Gasteiger partial charge in [-0.15, -0.1) is 0 Å². The minimum Gasteiger partial charge on any atom is -0.486 e. The highest BCUT2D eigenvalue weighted by Crippen LogP contribution is 2.36. The molecule has 190 valence electrons. The Kier molecular flexibility index (Phi) is 6.83. The van der Waals surface area contributed by atoms with Crippen molar-refractivity contribution in [2.75, 3.05) is 44.4 Å². The summed E-state index contributed by atoms with van der Waals surface area (Å²) in [5.74, 6) is 1.52. The van der Waals surface area contributed by atoms with Crippen molar-refractivity contribution < 1.29 is 14.3 Å². The van der Waals surface area contributed by atoms with Crippen LogP contribution in [0.3, 0.4) is 0 Å². The predicted octanol–water partition coefficient (Wildman–Crippen LogP) is 4.75. The van der Waals surface area contributed by atoms with Gasteiger partial charge in [0, 0.05) is 43.2 Å². The van der Waals surface area contributed by atoms with Crippen molar-refractivity contribution in [1.82, 2.24) is 4.90 Å². The number of nitrogens with one attached hydrogen (secondary N) is 1. The lowest BCUT2D eigenvalue weighted by molar-refractivity contribution is -0.113. The number of piperidine rings is 1. The number of anilines is 1. The Morgan fingerprint density at radius 2 is 1.72 bits per heavy atom. The Bertz CT molecular complexity index is 1190. The molecular formula is C28H34N4O3S. The highest BCUT2D eigenvalue weighted by molar-refractivity contribution is 8.16. The summed E-state index contributed by atoms with van der Waals surface area (Å²) < 4.78 is 11.2. The fourth-order valence-electron chi connectivity index (χ4n) is 4.59. The number of likely N-dealkylation sites (tertiary alicyclic amines) is 1. The zero-order valence-corrected chi connectivity index (χ0v) is 22.3. The van der Waals surface area contributed by atoms with Crippen LogP contribution in [0.5, 0.6) is 11.5 Å². The number of amides is 1. The van der Waals surface area contributed by atoms with Gasteiger partial charge in [0.05, 0.1) is 11.5 Å². The second-order valence-corrected chi connectivity index (χ2v) is 11.6. The van der Waals surface area contributed by atoms with Gasteiger partial charge in [-0.2, -0.15) is 0 Å². The number of hydrogen-bond donors (Lipinski definition) is 1. The van der Waals surface area contributed by atoms with Gasteiger partial charge in [0.15, 0.2) is 17.2 Å². The van der Waals surface area contributed by atoms with Crippen LogP contribution in [0.2, 0.25) is 0 Å². The maximum absolute atomic E-state index is 12.8. The van der Waals surface area contributed by atoms with Gasteiger partial charge in [-0.05, 0) is 30.2 Å². The van der Waals surface area contributed by atoms with Crippen molar-refractivity contribution in [3.63, 3.8) is 0 Å². The Hall–Kier alpha value is -2.84. The summed E-state index contributed by atoms with van der Waals surface area (Å²) in [6, 6.07) is 14.1. The topological polar surface area (TPSA) is 75.5 Å². The molecule has 8 heteroatoms. The Balaban J connectivity index is 1.31. The Morgan fingerprint density at radius 3 is 2.42 bits per heavy atom. The molecule has 0 unspecified atom stereocenters. The van der Waals surface area contributed by atoms with E-state index in [9.17, 15) is 4.79 Å². The molecule has 1 N–H and O–H groups in total. The van der Waals surface area contributed by atoms with Crippen LogP contribution < -0.4 is 14.8 Å². The molecule has 0 aromatic heterocycles. The molecule has 3 aliphatic rings. The average Bonchev–Trinajstić information content (AvgIpc) is 3.22. The fraction of sp³-hybridized carbons (Fsp3) is 0.464. The molecule has 1 fully saturated rings. The van der Waals surface area contributed by atoms with Crippen molar-refractivity contribution in [1.29, 1.82) is 0 Å². The van der Waals surface area contributed by atoms with Gasteiger partial charge in [0.1, 0.15) is 18.3 Å². The summed E-state index contributed by atoms with van der Waals surface area (Å²) in [5.41, 5.74) is 3.59. The summed E-state index contributed by atoms with van der Waals surface area (Å²) in [5, 5.41) is 3.82. The van der Waals surface area contributed by atoms with Crippen LogP contribution in [0.1, 0.15) is 44.7 Å². The average molecular weight is 507 g/mol. The van der Waals surface area contributed by atoms with Gasteiger partial charge >= 0.3 is 0 Å². The van der Waals surface area contributed by atoms with Crippen LogP contribution >= 0.6 is 11.8 Å². The molecule has 0 bridgehead atoms. The molecule has 1 saturated heterocycles. The molecule has 0 radical (unpaired) electrons. The molecule has 5 rings (SSSR count). The highest BCUT2D eigenvalue weighted by Gasteiger charge is 2.39. The molecule has 0 atom stereocenters. The SMILES string of the molecule is CN1CCC2(CC1)N=C(SCC(=O)Nc1ccc3c(c1)OCCO3)C(c1ccc(C(C)(C)C)cc1)=N2. The van der Waals surface area contributed by atoms with Gasteiger partial charge in [0.25, 0.3) is 0 Å². The molecule has 36 heavy (non-hydrogen) atoms. The molecular weight excluding hydrogens is 472 g/mol. The standard InChI is InChI=1S/C28H34N4O3S/c1-27(2,3)20-7-5-19(6-8-20)25-26(31-28(30-25)11-13-32(4)14-12-28)36-18-24(33)29-21-9-10-22-23(17-21)35-16-15-34-22/h5-10,17H,11-16,18H2,1-4H3,(H,29,33). The van der Waals surface area contributed by atoms with Crippen LogP contribution in [0, 0.1) is 0 Å². The smallest absolute Gasteiger partial charge is 0.234 e. The minimum absolute atomic E-state index is 0.0861. The third kappa shape index (κ3) is 5.44. The van der Waals surface area contributed by atoms with Gasteiger partial charge in [-0.3, -0.25) is 9.79 Å². The molecule has 0 saturated carbocycles. The first kappa shape index (κ1) is 24.8. The monoisotopic (exact) mass is 506 g/mol. The summed E-state index contributed by atoms with van der Waals surface area (Å²) in [4.78, 5) is 25.4. The molecule has 3 heterocycles. The first-order chi connectivity index (χ1) is 17.2. The fourth-order valence-corrected chi connectivity index (χ4v) is 5.47. The van der Waals surface area contributed by atoms with Crippen molar-refractivity contribution in [3.8, 4) is 11.5 Å². The lowest BCUT2D eigenvalue weighted by Gasteiger charge is -2.33. The third-order valence-corrected chi connectivity index (χ3v) is 7.77. The summed E-state index contributed by atoms with van der Waals surface area (Å²) >= 11 is 1.46. The predicted molar refractivity (Wildman–Crippen MR) is 147 cm³/mol. The lowest BCUT2D eigenvalue weighted by Crippen LogP contribution is -2.39. The van der Waals surface area contributed by atoms with E-state index in [2.05, 4.69) is 62.3 Å². The molecule has 1 amide bonds. The molecule has 1 spiro atoms. The van der Waals surface area contributed by atoms with Crippen molar-refractivity contribution >= 4 is 34.1 Å². The maximum atomic E-state index is 12.8. The minimum atomic E-state index is -0.417. The van der Waals surface area contributed by atoms with Crippen molar-refractivity contribution in [2.24, 2.45) is 9.98 Å². The number of nitrogens with zero attached hydrogens (tertiary/aromatic N) is 3. The van der Waals surface area contributed by atoms with E-state index in [1.54, 1.807) is 6.07 Å². The van der Waals surface area contributed by atoms with Crippen LogP contribution in [0.4, 0.5) is 5.69 Å².